The Labute approximate surface area is 178 Å². The number of hydrogen-bond acceptors (Lipinski definition) is 5. The highest BCUT2D eigenvalue weighted by molar-refractivity contribution is 5.41. The van der Waals surface area contributed by atoms with Crippen molar-refractivity contribution >= 4 is 5.95 Å². The number of ether oxygens (including phenoxy) is 1. The standard InChI is InChI=1S/C25H29N3O2/c1-18-4-6-20(7-5-18)25(2,3)21-8-10-23(11-9-21)30-17-22-12-13-26-24(27-22)28-14-19(15-28)16-29/h4-13,19,29H,14-17H2,1-3H3. The van der Waals surface area contributed by atoms with E-state index in [0.29, 0.717) is 18.5 Å². The van der Waals surface area contributed by atoms with Gasteiger partial charge in [0, 0.05) is 37.2 Å². The molecule has 1 N–H and O–H groups in total. The van der Waals surface area contributed by atoms with E-state index in [4.69, 9.17) is 4.74 Å². The van der Waals surface area contributed by atoms with Crippen molar-refractivity contribution in [2.45, 2.75) is 32.8 Å². The van der Waals surface area contributed by atoms with Crippen LogP contribution in [-0.4, -0.2) is 34.8 Å². The van der Waals surface area contributed by atoms with Crippen LogP contribution in [0.4, 0.5) is 5.95 Å². The summed E-state index contributed by atoms with van der Waals surface area (Å²) >= 11 is 0. The fraction of sp³-hybridized carbons (Fsp3) is 0.360. The minimum absolute atomic E-state index is 0.0720. The lowest BCUT2D eigenvalue weighted by molar-refractivity contribution is 0.199. The fourth-order valence-corrected chi connectivity index (χ4v) is 3.73. The van der Waals surface area contributed by atoms with Crippen LogP contribution in [0.25, 0.3) is 0 Å². The van der Waals surface area contributed by atoms with Gasteiger partial charge >= 0.3 is 0 Å². The third kappa shape index (κ3) is 4.31. The van der Waals surface area contributed by atoms with E-state index in [1.165, 1.54) is 16.7 Å². The maximum atomic E-state index is 9.17. The van der Waals surface area contributed by atoms with E-state index in [1.807, 2.05) is 18.2 Å². The van der Waals surface area contributed by atoms with Gasteiger partial charge < -0.3 is 14.7 Å². The normalized spacial score (nSPS) is 14.5. The monoisotopic (exact) mass is 403 g/mol. The Morgan fingerprint density at radius 2 is 1.63 bits per heavy atom. The molecule has 3 aromatic rings. The summed E-state index contributed by atoms with van der Waals surface area (Å²) in [4.78, 5) is 11.0. The number of aryl methyl sites for hydroxylation is 1. The van der Waals surface area contributed by atoms with E-state index >= 15 is 0 Å². The van der Waals surface area contributed by atoms with E-state index in [1.54, 1.807) is 6.20 Å². The van der Waals surface area contributed by atoms with Gasteiger partial charge in [0.2, 0.25) is 5.95 Å². The molecule has 0 unspecified atom stereocenters. The zero-order valence-electron chi connectivity index (χ0n) is 17.9. The van der Waals surface area contributed by atoms with Crippen molar-refractivity contribution in [2.24, 2.45) is 5.92 Å². The van der Waals surface area contributed by atoms with Gasteiger partial charge in [-0.3, -0.25) is 0 Å². The van der Waals surface area contributed by atoms with Crippen LogP contribution in [0.3, 0.4) is 0 Å². The molecule has 30 heavy (non-hydrogen) atoms. The lowest BCUT2D eigenvalue weighted by atomic mass is 9.78. The highest BCUT2D eigenvalue weighted by atomic mass is 16.5. The van der Waals surface area contributed by atoms with E-state index in [2.05, 4.69) is 72.0 Å². The number of anilines is 1. The molecular weight excluding hydrogens is 374 g/mol. The van der Waals surface area contributed by atoms with Crippen LogP contribution in [0.15, 0.2) is 60.8 Å². The molecule has 0 saturated carbocycles. The van der Waals surface area contributed by atoms with Gasteiger partial charge in [-0.2, -0.15) is 0 Å². The molecule has 1 aliphatic rings. The van der Waals surface area contributed by atoms with Gasteiger partial charge in [-0.1, -0.05) is 55.8 Å². The minimum Gasteiger partial charge on any atom is -0.487 e. The van der Waals surface area contributed by atoms with Gasteiger partial charge in [0.25, 0.3) is 0 Å². The summed E-state index contributed by atoms with van der Waals surface area (Å²) in [5.41, 5.74) is 4.59. The molecule has 2 heterocycles. The molecule has 4 rings (SSSR count). The molecule has 5 nitrogen and oxygen atoms in total. The van der Waals surface area contributed by atoms with Crippen LogP contribution in [0, 0.1) is 12.8 Å². The molecule has 5 heteroatoms. The smallest absolute Gasteiger partial charge is 0.225 e. The molecule has 0 atom stereocenters. The highest BCUT2D eigenvalue weighted by Crippen LogP contribution is 2.32. The van der Waals surface area contributed by atoms with Crippen molar-refractivity contribution in [1.29, 1.82) is 0 Å². The lowest BCUT2D eigenvalue weighted by Crippen LogP contribution is -2.49. The summed E-state index contributed by atoms with van der Waals surface area (Å²) in [6, 6.07) is 18.9. The molecule has 0 aliphatic carbocycles. The number of nitrogens with zero attached hydrogens (tertiary/aromatic N) is 3. The number of aliphatic hydroxyl groups is 1. The van der Waals surface area contributed by atoms with Gasteiger partial charge in [0.15, 0.2) is 0 Å². The van der Waals surface area contributed by atoms with Gasteiger partial charge in [-0.15, -0.1) is 0 Å². The summed E-state index contributed by atoms with van der Waals surface area (Å²) < 4.78 is 5.96. The minimum atomic E-state index is -0.0720. The zero-order valence-corrected chi connectivity index (χ0v) is 17.9. The Bertz CT molecular complexity index is 978. The Balaban J connectivity index is 1.39. The van der Waals surface area contributed by atoms with Gasteiger partial charge in [0.1, 0.15) is 12.4 Å². The van der Waals surface area contributed by atoms with Crippen molar-refractivity contribution < 1.29 is 9.84 Å². The van der Waals surface area contributed by atoms with Crippen molar-refractivity contribution in [3.05, 3.63) is 83.2 Å². The molecule has 1 aliphatic heterocycles. The van der Waals surface area contributed by atoms with E-state index in [0.717, 1.165) is 24.5 Å². The second-order valence-electron chi connectivity index (χ2n) is 8.61. The molecule has 156 valence electrons. The van der Waals surface area contributed by atoms with Crippen LogP contribution in [0.1, 0.15) is 36.2 Å². The van der Waals surface area contributed by atoms with Gasteiger partial charge in [-0.25, -0.2) is 9.97 Å². The number of benzene rings is 2. The number of hydrogen-bond donors (Lipinski definition) is 1. The second-order valence-corrected chi connectivity index (χ2v) is 8.61. The predicted molar refractivity (Wildman–Crippen MR) is 119 cm³/mol. The highest BCUT2D eigenvalue weighted by Gasteiger charge is 2.28. The molecule has 1 saturated heterocycles. The third-order valence-corrected chi connectivity index (χ3v) is 5.93. The van der Waals surface area contributed by atoms with Crippen molar-refractivity contribution in [1.82, 2.24) is 9.97 Å². The number of aromatic nitrogens is 2. The first-order valence-electron chi connectivity index (χ1n) is 10.4. The molecular formula is C25H29N3O2. The lowest BCUT2D eigenvalue weighted by Gasteiger charge is -2.38. The summed E-state index contributed by atoms with van der Waals surface area (Å²) in [5.74, 6) is 1.86. The number of aliphatic hydroxyl groups excluding tert-OH is 1. The molecule has 2 aromatic carbocycles. The van der Waals surface area contributed by atoms with Crippen molar-refractivity contribution in [2.75, 3.05) is 24.6 Å². The molecule has 0 radical (unpaired) electrons. The first kappa shape index (κ1) is 20.4. The quantitative estimate of drug-likeness (QED) is 0.643. The summed E-state index contributed by atoms with van der Waals surface area (Å²) in [6.45, 7) is 8.82. The first-order chi connectivity index (χ1) is 14.5. The van der Waals surface area contributed by atoms with Crippen LogP contribution >= 0.6 is 0 Å². The molecule has 0 bridgehead atoms. The summed E-state index contributed by atoms with van der Waals surface area (Å²) in [5, 5.41) is 9.17. The average molecular weight is 404 g/mol. The topological polar surface area (TPSA) is 58.5 Å². The predicted octanol–water partition coefficient (Wildman–Crippen LogP) is 4.12. The van der Waals surface area contributed by atoms with Crippen LogP contribution in [0.2, 0.25) is 0 Å². The van der Waals surface area contributed by atoms with E-state index in [-0.39, 0.29) is 12.0 Å². The second kappa shape index (κ2) is 8.44. The van der Waals surface area contributed by atoms with Crippen molar-refractivity contribution in [3.63, 3.8) is 0 Å². The Kier molecular flexibility index (Phi) is 5.73. The fourth-order valence-electron chi connectivity index (χ4n) is 3.73. The largest absolute Gasteiger partial charge is 0.487 e. The maximum Gasteiger partial charge on any atom is 0.225 e. The Morgan fingerprint density at radius 1 is 1.00 bits per heavy atom. The van der Waals surface area contributed by atoms with Crippen LogP contribution in [-0.2, 0) is 12.0 Å². The van der Waals surface area contributed by atoms with Gasteiger partial charge in [0.05, 0.1) is 5.69 Å². The van der Waals surface area contributed by atoms with Crippen molar-refractivity contribution in [3.8, 4) is 5.75 Å². The summed E-state index contributed by atoms with van der Waals surface area (Å²) in [6.07, 6.45) is 1.76. The Hall–Kier alpha value is -2.92. The SMILES string of the molecule is Cc1ccc(C(C)(C)c2ccc(OCc3ccnc(N4CC(CO)C4)n3)cc2)cc1. The first-order valence-corrected chi connectivity index (χ1v) is 10.4. The average Bonchev–Trinajstić information content (AvgIpc) is 2.72. The summed E-state index contributed by atoms with van der Waals surface area (Å²) in [7, 11) is 0. The number of rotatable bonds is 7. The maximum absolute atomic E-state index is 9.17. The van der Waals surface area contributed by atoms with E-state index in [9.17, 15) is 5.11 Å². The Morgan fingerprint density at radius 3 is 2.27 bits per heavy atom. The molecule has 0 amide bonds. The van der Waals surface area contributed by atoms with Crippen LogP contribution < -0.4 is 9.64 Å². The molecule has 0 spiro atoms. The zero-order chi connectivity index (χ0) is 21.1. The third-order valence-electron chi connectivity index (χ3n) is 5.93. The molecule has 1 fully saturated rings. The molecule has 1 aromatic heterocycles. The van der Waals surface area contributed by atoms with Gasteiger partial charge in [-0.05, 0) is 36.2 Å². The van der Waals surface area contributed by atoms with E-state index < -0.39 is 0 Å². The van der Waals surface area contributed by atoms with Crippen LogP contribution in [0.5, 0.6) is 5.75 Å².